The maximum atomic E-state index is 12.1. The number of ketones is 1. The lowest BCUT2D eigenvalue weighted by molar-refractivity contribution is 0.0986. The van der Waals surface area contributed by atoms with Crippen molar-refractivity contribution in [3.63, 3.8) is 0 Å². The highest BCUT2D eigenvalue weighted by molar-refractivity contribution is 6.02. The van der Waals surface area contributed by atoms with Crippen LogP contribution in [-0.2, 0) is 0 Å². The first-order valence-corrected chi connectivity index (χ1v) is 8.17. The van der Waals surface area contributed by atoms with E-state index in [0.717, 1.165) is 0 Å². The van der Waals surface area contributed by atoms with Gasteiger partial charge in [-0.05, 0) is 42.5 Å². The molecule has 6 nitrogen and oxygen atoms in total. The van der Waals surface area contributed by atoms with E-state index in [2.05, 4.69) is 15.5 Å². The molecule has 1 N–H and O–H groups in total. The van der Waals surface area contributed by atoms with Crippen molar-refractivity contribution in [3.8, 4) is 11.6 Å². The van der Waals surface area contributed by atoms with Crippen molar-refractivity contribution >= 4 is 17.4 Å². The van der Waals surface area contributed by atoms with Gasteiger partial charge in [0.2, 0.25) is 5.88 Å². The Morgan fingerprint density at radius 2 is 1.65 bits per heavy atom. The molecule has 0 saturated heterocycles. The van der Waals surface area contributed by atoms with Gasteiger partial charge in [0.1, 0.15) is 5.75 Å². The van der Waals surface area contributed by atoms with Crippen LogP contribution >= 0.6 is 0 Å². The molecule has 0 fully saturated rings. The Kier molecular flexibility index (Phi) is 5.34. The van der Waals surface area contributed by atoms with E-state index in [9.17, 15) is 9.59 Å². The van der Waals surface area contributed by atoms with E-state index in [0.29, 0.717) is 23.4 Å². The molecule has 0 spiro atoms. The third-order valence-electron chi connectivity index (χ3n) is 3.62. The molecule has 1 amide bonds. The lowest BCUT2D eigenvalue weighted by Crippen LogP contribution is -2.14. The maximum Gasteiger partial charge on any atom is 0.276 e. The molecule has 0 atom stereocenters. The number of amides is 1. The Hall–Kier alpha value is -3.54. The molecule has 0 bridgehead atoms. The number of rotatable bonds is 6. The van der Waals surface area contributed by atoms with Crippen LogP contribution in [0.2, 0.25) is 0 Å². The zero-order chi connectivity index (χ0) is 18.4. The molecule has 130 valence electrons. The van der Waals surface area contributed by atoms with Crippen molar-refractivity contribution < 1.29 is 14.3 Å². The second-order valence-corrected chi connectivity index (χ2v) is 5.48. The van der Waals surface area contributed by atoms with Crippen LogP contribution in [0.3, 0.4) is 0 Å². The van der Waals surface area contributed by atoms with E-state index in [-0.39, 0.29) is 23.3 Å². The van der Waals surface area contributed by atoms with Gasteiger partial charge in [0.15, 0.2) is 11.5 Å². The van der Waals surface area contributed by atoms with Gasteiger partial charge in [0, 0.05) is 23.7 Å². The number of anilines is 1. The molecule has 3 rings (SSSR count). The van der Waals surface area contributed by atoms with Crippen molar-refractivity contribution in [2.75, 3.05) is 5.32 Å². The minimum Gasteiger partial charge on any atom is -0.438 e. The number of nitrogens with one attached hydrogen (secondary N) is 1. The van der Waals surface area contributed by atoms with Gasteiger partial charge in [-0.25, -0.2) is 0 Å². The number of hydrogen-bond acceptors (Lipinski definition) is 5. The molecular formula is C20H17N3O3. The smallest absolute Gasteiger partial charge is 0.276 e. The molecule has 26 heavy (non-hydrogen) atoms. The molecule has 0 radical (unpaired) electrons. The van der Waals surface area contributed by atoms with Gasteiger partial charge in [-0.1, -0.05) is 25.1 Å². The van der Waals surface area contributed by atoms with Gasteiger partial charge >= 0.3 is 0 Å². The van der Waals surface area contributed by atoms with Gasteiger partial charge in [-0.2, -0.15) is 0 Å². The standard InChI is InChI=1S/C20H17N3O3/c1-2-18(24)14-8-10-16(11-9-14)26-19-13-12-17(22-23-19)20(25)21-15-6-4-3-5-7-15/h3-13H,2H2,1H3,(H,21,25). The van der Waals surface area contributed by atoms with Crippen LogP contribution in [0.25, 0.3) is 0 Å². The third-order valence-corrected chi connectivity index (χ3v) is 3.62. The Balaban J connectivity index is 1.64. The molecule has 1 aromatic heterocycles. The largest absolute Gasteiger partial charge is 0.438 e. The number of para-hydroxylation sites is 1. The van der Waals surface area contributed by atoms with Crippen LogP contribution in [0.4, 0.5) is 5.69 Å². The van der Waals surface area contributed by atoms with E-state index < -0.39 is 0 Å². The average molecular weight is 347 g/mol. The highest BCUT2D eigenvalue weighted by Crippen LogP contribution is 2.20. The number of nitrogens with zero attached hydrogens (tertiary/aromatic N) is 2. The van der Waals surface area contributed by atoms with Crippen LogP contribution in [0.5, 0.6) is 11.6 Å². The summed E-state index contributed by atoms with van der Waals surface area (Å²) in [7, 11) is 0. The molecule has 0 aliphatic rings. The van der Waals surface area contributed by atoms with Crippen molar-refractivity contribution in [2.24, 2.45) is 0 Å². The van der Waals surface area contributed by atoms with Crippen molar-refractivity contribution in [3.05, 3.63) is 78.0 Å². The van der Waals surface area contributed by atoms with Crippen LogP contribution in [0, 0.1) is 0 Å². The summed E-state index contributed by atoms with van der Waals surface area (Å²) >= 11 is 0. The fourth-order valence-electron chi connectivity index (χ4n) is 2.25. The van der Waals surface area contributed by atoms with E-state index in [1.807, 2.05) is 25.1 Å². The number of benzene rings is 2. The fourth-order valence-corrected chi connectivity index (χ4v) is 2.25. The van der Waals surface area contributed by atoms with Crippen molar-refractivity contribution in [1.82, 2.24) is 10.2 Å². The topological polar surface area (TPSA) is 81.2 Å². The quantitative estimate of drug-likeness (QED) is 0.679. The normalized spacial score (nSPS) is 10.2. The lowest BCUT2D eigenvalue weighted by atomic mass is 10.1. The molecule has 0 unspecified atom stereocenters. The third kappa shape index (κ3) is 4.30. The molecule has 2 aromatic carbocycles. The highest BCUT2D eigenvalue weighted by Gasteiger charge is 2.10. The molecular weight excluding hydrogens is 330 g/mol. The summed E-state index contributed by atoms with van der Waals surface area (Å²) in [5.74, 6) is 0.520. The number of ether oxygens (including phenoxy) is 1. The SMILES string of the molecule is CCC(=O)c1ccc(Oc2ccc(C(=O)Nc3ccccc3)nn2)cc1. The number of carbonyl (C=O) groups excluding carboxylic acids is 2. The first kappa shape index (κ1) is 17.3. The summed E-state index contributed by atoms with van der Waals surface area (Å²) < 4.78 is 5.58. The lowest BCUT2D eigenvalue weighted by Gasteiger charge is -2.06. The Labute approximate surface area is 150 Å². The molecule has 0 aliphatic carbocycles. The van der Waals surface area contributed by atoms with Crippen LogP contribution in [0.1, 0.15) is 34.2 Å². The Morgan fingerprint density at radius 3 is 2.27 bits per heavy atom. The maximum absolute atomic E-state index is 12.1. The first-order chi connectivity index (χ1) is 12.7. The molecule has 3 aromatic rings. The van der Waals surface area contributed by atoms with Crippen molar-refractivity contribution in [1.29, 1.82) is 0 Å². The van der Waals surface area contributed by atoms with Crippen LogP contribution in [0.15, 0.2) is 66.7 Å². The molecule has 1 heterocycles. The van der Waals surface area contributed by atoms with Crippen molar-refractivity contribution in [2.45, 2.75) is 13.3 Å². The highest BCUT2D eigenvalue weighted by atomic mass is 16.5. The second kappa shape index (κ2) is 8.02. The van der Waals surface area contributed by atoms with Gasteiger partial charge in [0.05, 0.1) is 0 Å². The summed E-state index contributed by atoms with van der Waals surface area (Å²) in [5, 5.41) is 10.5. The molecule has 6 heteroatoms. The van der Waals surface area contributed by atoms with E-state index >= 15 is 0 Å². The van der Waals surface area contributed by atoms with Crippen LogP contribution in [-0.4, -0.2) is 21.9 Å². The Bertz CT molecular complexity index is 892. The minimum atomic E-state index is -0.349. The number of hydrogen-bond donors (Lipinski definition) is 1. The van der Waals surface area contributed by atoms with Gasteiger partial charge in [0.25, 0.3) is 5.91 Å². The second-order valence-electron chi connectivity index (χ2n) is 5.48. The minimum absolute atomic E-state index is 0.0742. The number of carbonyl (C=O) groups is 2. The zero-order valence-electron chi connectivity index (χ0n) is 14.2. The number of Topliss-reactive ketones (excluding diaryl/α,β-unsaturated/α-hetero) is 1. The van der Waals surface area contributed by atoms with E-state index in [1.165, 1.54) is 6.07 Å². The molecule has 0 saturated carbocycles. The predicted octanol–water partition coefficient (Wildman–Crippen LogP) is 4.11. The van der Waals surface area contributed by atoms with E-state index in [4.69, 9.17) is 4.74 Å². The van der Waals surface area contributed by atoms with E-state index in [1.54, 1.807) is 42.5 Å². The Morgan fingerprint density at radius 1 is 0.923 bits per heavy atom. The predicted molar refractivity (Wildman–Crippen MR) is 97.6 cm³/mol. The summed E-state index contributed by atoms with van der Waals surface area (Å²) in [4.78, 5) is 23.7. The summed E-state index contributed by atoms with van der Waals surface area (Å²) in [6.45, 7) is 1.82. The number of aromatic nitrogens is 2. The van der Waals surface area contributed by atoms with Gasteiger partial charge in [-0.15, -0.1) is 10.2 Å². The summed E-state index contributed by atoms with van der Waals surface area (Å²) in [6.07, 6.45) is 0.457. The summed E-state index contributed by atoms with van der Waals surface area (Å²) in [5.41, 5.74) is 1.50. The zero-order valence-corrected chi connectivity index (χ0v) is 14.2. The van der Waals surface area contributed by atoms with Gasteiger partial charge in [-0.3, -0.25) is 9.59 Å². The average Bonchev–Trinajstić information content (AvgIpc) is 2.69. The van der Waals surface area contributed by atoms with Gasteiger partial charge < -0.3 is 10.1 Å². The molecule has 0 aliphatic heterocycles. The van der Waals surface area contributed by atoms with Crippen LogP contribution < -0.4 is 10.1 Å². The first-order valence-electron chi connectivity index (χ1n) is 8.17. The fraction of sp³-hybridized carbons (Fsp3) is 0.100. The monoisotopic (exact) mass is 347 g/mol. The summed E-state index contributed by atoms with van der Waals surface area (Å²) in [6, 6.07) is 19.0.